The van der Waals surface area contributed by atoms with Crippen molar-refractivity contribution >= 4 is 44.2 Å². The molecule has 0 spiro atoms. The minimum atomic E-state index is -0.0733. The molecular weight excluding hydrogens is 408 g/mol. The van der Waals surface area contributed by atoms with E-state index in [-0.39, 0.29) is 12.0 Å². The monoisotopic (exact) mass is 430 g/mol. The number of rotatable bonds is 5. The third kappa shape index (κ3) is 3.97. The number of thiazole rings is 1. The van der Waals surface area contributed by atoms with Gasteiger partial charge in [-0.15, -0.1) is 0 Å². The van der Waals surface area contributed by atoms with Crippen LogP contribution in [0.4, 0.5) is 5.13 Å². The molecule has 4 rings (SSSR count). The number of carbonyl (C=O) groups is 1. The molecule has 0 saturated carbocycles. The number of methoxy groups -OCH3 is 1. The Morgan fingerprint density at radius 3 is 2.90 bits per heavy atom. The molecule has 2 aromatic carbocycles. The average Bonchev–Trinajstić information content (AvgIpc) is 3.38. The van der Waals surface area contributed by atoms with Crippen molar-refractivity contribution < 1.29 is 14.3 Å². The zero-order valence-electron chi connectivity index (χ0n) is 16.7. The third-order valence-corrected chi connectivity index (χ3v) is 6.72. The van der Waals surface area contributed by atoms with Gasteiger partial charge in [0.05, 0.1) is 29.5 Å². The maximum absolute atomic E-state index is 13.6. The molecule has 0 bridgehead atoms. The Hall–Kier alpha value is -2.15. The third-order valence-electron chi connectivity index (χ3n) is 5.18. The molecule has 29 heavy (non-hydrogen) atoms. The Bertz CT molecular complexity index is 1060. The molecule has 2 heterocycles. The van der Waals surface area contributed by atoms with E-state index >= 15 is 0 Å². The zero-order chi connectivity index (χ0) is 20.5. The summed E-state index contributed by atoms with van der Waals surface area (Å²) in [6, 6.07) is 9.51. The van der Waals surface area contributed by atoms with E-state index in [1.807, 2.05) is 32.0 Å². The van der Waals surface area contributed by atoms with Gasteiger partial charge in [-0.1, -0.05) is 40.6 Å². The highest BCUT2D eigenvalue weighted by Gasteiger charge is 2.28. The number of benzene rings is 2. The Labute approximate surface area is 179 Å². The van der Waals surface area contributed by atoms with E-state index in [9.17, 15) is 4.79 Å². The second kappa shape index (κ2) is 8.30. The van der Waals surface area contributed by atoms with Crippen LogP contribution in [0.2, 0.25) is 5.02 Å². The molecule has 0 N–H and O–H groups in total. The van der Waals surface area contributed by atoms with Crippen LogP contribution in [0.1, 0.15) is 34.3 Å². The van der Waals surface area contributed by atoms with Crippen molar-refractivity contribution in [2.75, 3.05) is 25.2 Å². The average molecular weight is 431 g/mol. The fourth-order valence-electron chi connectivity index (χ4n) is 3.57. The molecule has 1 unspecified atom stereocenters. The largest absolute Gasteiger partial charge is 0.494 e. The van der Waals surface area contributed by atoms with E-state index in [1.165, 1.54) is 11.3 Å². The second-order valence-corrected chi connectivity index (χ2v) is 8.68. The summed E-state index contributed by atoms with van der Waals surface area (Å²) in [6.07, 6.45) is 1.95. The summed E-state index contributed by atoms with van der Waals surface area (Å²) in [5, 5.41) is 1.20. The predicted molar refractivity (Wildman–Crippen MR) is 118 cm³/mol. The van der Waals surface area contributed by atoms with Crippen molar-refractivity contribution in [2.45, 2.75) is 32.8 Å². The van der Waals surface area contributed by atoms with Gasteiger partial charge in [0.25, 0.3) is 5.91 Å². The number of hydrogen-bond donors (Lipinski definition) is 0. The van der Waals surface area contributed by atoms with Gasteiger partial charge in [-0.3, -0.25) is 9.69 Å². The topological polar surface area (TPSA) is 51.7 Å². The molecule has 0 radical (unpaired) electrons. The van der Waals surface area contributed by atoms with Gasteiger partial charge in [0.15, 0.2) is 5.13 Å². The summed E-state index contributed by atoms with van der Waals surface area (Å²) < 4.78 is 12.1. The smallest absolute Gasteiger partial charge is 0.260 e. The van der Waals surface area contributed by atoms with Gasteiger partial charge in [0, 0.05) is 12.2 Å². The highest BCUT2D eigenvalue weighted by atomic mass is 35.5. The normalized spacial score (nSPS) is 16.3. The standard InChI is InChI=1S/C22H23ClN2O3S/c1-13-6-7-14(2)16(11-13)21(26)25(12-15-5-4-10-28-15)22-24-19-18(27-3)9-8-17(23)20(19)29-22/h6-9,11,15H,4-5,10,12H2,1-3H3. The molecule has 1 aromatic heterocycles. The number of anilines is 1. The summed E-state index contributed by atoms with van der Waals surface area (Å²) in [6.45, 7) is 5.14. The molecule has 1 atom stereocenters. The zero-order valence-corrected chi connectivity index (χ0v) is 18.3. The van der Waals surface area contributed by atoms with Gasteiger partial charge < -0.3 is 9.47 Å². The molecule has 0 aliphatic carbocycles. The predicted octanol–water partition coefficient (Wildman–Crippen LogP) is 5.40. The Morgan fingerprint density at radius 2 is 2.17 bits per heavy atom. The molecule has 7 heteroatoms. The molecule has 1 fully saturated rings. The van der Waals surface area contributed by atoms with E-state index in [0.29, 0.717) is 33.5 Å². The van der Waals surface area contributed by atoms with E-state index in [1.54, 1.807) is 24.1 Å². The molecule has 1 amide bonds. The van der Waals surface area contributed by atoms with Gasteiger partial charge >= 0.3 is 0 Å². The van der Waals surface area contributed by atoms with Crippen molar-refractivity contribution in [3.05, 3.63) is 52.0 Å². The lowest BCUT2D eigenvalue weighted by molar-refractivity contribution is 0.0917. The molecule has 5 nitrogen and oxygen atoms in total. The van der Waals surface area contributed by atoms with Crippen LogP contribution in [0, 0.1) is 13.8 Å². The van der Waals surface area contributed by atoms with E-state index in [2.05, 4.69) is 0 Å². The Kier molecular flexibility index (Phi) is 5.76. The first kappa shape index (κ1) is 20.1. The maximum Gasteiger partial charge on any atom is 0.260 e. The first-order chi connectivity index (χ1) is 14.0. The van der Waals surface area contributed by atoms with Crippen LogP contribution in [-0.2, 0) is 4.74 Å². The SMILES string of the molecule is COc1ccc(Cl)c2sc(N(CC3CCCO3)C(=O)c3cc(C)ccc3C)nc12. The number of carbonyl (C=O) groups excluding carboxylic acids is 1. The fourth-order valence-corrected chi connectivity index (χ4v) is 4.84. The lowest BCUT2D eigenvalue weighted by atomic mass is 10.0. The number of hydrogen-bond acceptors (Lipinski definition) is 5. The first-order valence-corrected chi connectivity index (χ1v) is 10.8. The van der Waals surface area contributed by atoms with Crippen molar-refractivity contribution in [1.82, 2.24) is 4.98 Å². The molecule has 152 valence electrons. The van der Waals surface area contributed by atoms with Crippen LogP contribution in [-0.4, -0.2) is 37.3 Å². The van der Waals surface area contributed by atoms with E-state index in [0.717, 1.165) is 35.3 Å². The van der Waals surface area contributed by atoms with Gasteiger partial charge in [0.1, 0.15) is 11.3 Å². The number of nitrogens with zero attached hydrogens (tertiary/aromatic N) is 2. The van der Waals surface area contributed by atoms with Crippen molar-refractivity contribution in [3.8, 4) is 5.75 Å². The van der Waals surface area contributed by atoms with Gasteiger partial charge in [-0.2, -0.15) is 0 Å². The number of aromatic nitrogens is 1. The van der Waals surface area contributed by atoms with Crippen molar-refractivity contribution in [3.63, 3.8) is 0 Å². The van der Waals surface area contributed by atoms with Crippen molar-refractivity contribution in [2.24, 2.45) is 0 Å². The van der Waals surface area contributed by atoms with Crippen LogP contribution in [0.25, 0.3) is 10.2 Å². The molecule has 1 aliphatic rings. The fraction of sp³-hybridized carbons (Fsp3) is 0.364. The molecule has 3 aromatic rings. The van der Waals surface area contributed by atoms with Crippen LogP contribution >= 0.6 is 22.9 Å². The molecular formula is C22H23ClN2O3S. The Balaban J connectivity index is 1.80. The Morgan fingerprint density at radius 1 is 1.34 bits per heavy atom. The first-order valence-electron chi connectivity index (χ1n) is 9.61. The highest BCUT2D eigenvalue weighted by Crippen LogP contribution is 2.39. The number of halogens is 1. The van der Waals surface area contributed by atoms with Crippen LogP contribution in [0.5, 0.6) is 5.75 Å². The maximum atomic E-state index is 13.6. The summed E-state index contributed by atoms with van der Waals surface area (Å²) in [5.74, 6) is 0.569. The van der Waals surface area contributed by atoms with Crippen LogP contribution in [0.3, 0.4) is 0 Å². The summed E-state index contributed by atoms with van der Waals surface area (Å²) in [5.41, 5.74) is 3.34. The number of ether oxygens (including phenoxy) is 2. The number of fused-ring (bicyclic) bond motifs is 1. The van der Waals surface area contributed by atoms with Crippen molar-refractivity contribution in [1.29, 1.82) is 0 Å². The van der Waals surface area contributed by atoms with E-state index in [4.69, 9.17) is 26.1 Å². The lowest BCUT2D eigenvalue weighted by Gasteiger charge is -2.24. The lowest BCUT2D eigenvalue weighted by Crippen LogP contribution is -2.37. The second-order valence-electron chi connectivity index (χ2n) is 7.29. The summed E-state index contributed by atoms with van der Waals surface area (Å²) in [4.78, 5) is 20.1. The van der Waals surface area contributed by atoms with Crippen LogP contribution in [0.15, 0.2) is 30.3 Å². The quantitative estimate of drug-likeness (QED) is 0.543. The minimum absolute atomic E-state index is 0.00782. The highest BCUT2D eigenvalue weighted by molar-refractivity contribution is 7.23. The van der Waals surface area contributed by atoms with Gasteiger partial charge in [-0.05, 0) is 50.5 Å². The van der Waals surface area contributed by atoms with Gasteiger partial charge in [-0.25, -0.2) is 4.98 Å². The summed E-state index contributed by atoms with van der Waals surface area (Å²) >= 11 is 7.81. The molecule has 1 aliphatic heterocycles. The van der Waals surface area contributed by atoms with Gasteiger partial charge in [0.2, 0.25) is 0 Å². The number of amides is 1. The van der Waals surface area contributed by atoms with Crippen LogP contribution < -0.4 is 9.64 Å². The number of aryl methyl sites for hydroxylation is 2. The van der Waals surface area contributed by atoms with E-state index < -0.39 is 0 Å². The minimum Gasteiger partial charge on any atom is -0.494 e. The molecule has 1 saturated heterocycles. The summed E-state index contributed by atoms with van der Waals surface area (Å²) in [7, 11) is 1.60.